The molecule has 0 saturated carbocycles. The highest BCUT2D eigenvalue weighted by atomic mass is 16.2. The summed E-state index contributed by atoms with van der Waals surface area (Å²) in [6, 6.07) is 23.1. The second-order valence-corrected chi connectivity index (χ2v) is 6.99. The molecule has 0 heterocycles. The molecule has 0 spiro atoms. The van der Waals surface area contributed by atoms with Crippen molar-refractivity contribution in [2.24, 2.45) is 0 Å². The Morgan fingerprint density at radius 2 is 1.37 bits per heavy atom. The minimum Gasteiger partial charge on any atom is -0.336 e. The summed E-state index contributed by atoms with van der Waals surface area (Å²) in [5, 5.41) is 17.7. The zero-order valence-electron chi connectivity index (χ0n) is 16.8. The highest BCUT2D eigenvalue weighted by molar-refractivity contribution is 6.09. The first-order valence-electron chi connectivity index (χ1n) is 9.55. The third-order valence-electron chi connectivity index (χ3n) is 4.33. The van der Waals surface area contributed by atoms with Gasteiger partial charge in [-0.1, -0.05) is 36.4 Å². The molecule has 0 fully saturated rings. The number of nitriles is 1. The first kappa shape index (κ1) is 20.6. The summed E-state index contributed by atoms with van der Waals surface area (Å²) in [6.45, 7) is 3.76. The van der Waals surface area contributed by atoms with Crippen molar-refractivity contribution >= 4 is 23.3 Å². The Kier molecular flexibility index (Phi) is 6.46. The molecular weight excluding hydrogens is 376 g/mol. The van der Waals surface area contributed by atoms with Gasteiger partial charge >= 0.3 is 6.03 Å². The lowest BCUT2D eigenvalue weighted by molar-refractivity contribution is 0.102. The topological polar surface area (TPSA) is 94.0 Å². The van der Waals surface area contributed by atoms with Gasteiger partial charge in [0.25, 0.3) is 5.91 Å². The van der Waals surface area contributed by atoms with Crippen LogP contribution < -0.4 is 16.0 Å². The van der Waals surface area contributed by atoms with Crippen molar-refractivity contribution in [3.8, 4) is 17.2 Å². The largest absolute Gasteiger partial charge is 0.336 e. The minimum absolute atomic E-state index is 0.0368. The molecule has 3 amide bonds. The molecule has 0 unspecified atom stereocenters. The van der Waals surface area contributed by atoms with Crippen LogP contribution in [0.15, 0.2) is 72.8 Å². The summed E-state index contributed by atoms with van der Waals surface area (Å²) in [5.74, 6) is -0.281. The van der Waals surface area contributed by atoms with Crippen LogP contribution >= 0.6 is 0 Å². The normalized spacial score (nSPS) is 10.2. The number of anilines is 2. The molecule has 0 atom stereocenters. The third kappa shape index (κ3) is 5.03. The number of amides is 3. The van der Waals surface area contributed by atoms with Gasteiger partial charge in [-0.3, -0.25) is 4.79 Å². The van der Waals surface area contributed by atoms with Gasteiger partial charge in [0, 0.05) is 28.5 Å². The number of carbonyl (C=O) groups excluding carboxylic acids is 2. The van der Waals surface area contributed by atoms with E-state index in [2.05, 4.69) is 22.0 Å². The SMILES string of the molecule is CC(C)NC(=O)Nc1ccc(NC(=O)c2ccccc2-c2ccccc2C#N)cc1. The van der Waals surface area contributed by atoms with E-state index in [1.54, 1.807) is 48.5 Å². The zero-order valence-corrected chi connectivity index (χ0v) is 16.8. The maximum Gasteiger partial charge on any atom is 0.319 e. The fraction of sp³-hybridized carbons (Fsp3) is 0.125. The zero-order chi connectivity index (χ0) is 21.5. The number of rotatable bonds is 5. The maximum atomic E-state index is 12.9. The Morgan fingerprint density at radius 1 is 0.800 bits per heavy atom. The monoisotopic (exact) mass is 398 g/mol. The Hall–Kier alpha value is -4.11. The third-order valence-corrected chi connectivity index (χ3v) is 4.33. The Morgan fingerprint density at radius 3 is 2.00 bits per heavy atom. The molecule has 6 nitrogen and oxygen atoms in total. The van der Waals surface area contributed by atoms with Gasteiger partial charge in [0.2, 0.25) is 0 Å². The molecule has 3 aromatic rings. The van der Waals surface area contributed by atoms with Crippen molar-refractivity contribution in [3.63, 3.8) is 0 Å². The van der Waals surface area contributed by atoms with Crippen LogP contribution in [0.5, 0.6) is 0 Å². The number of nitrogens with zero attached hydrogens (tertiary/aromatic N) is 1. The van der Waals surface area contributed by atoms with Crippen LogP contribution in [-0.4, -0.2) is 18.0 Å². The van der Waals surface area contributed by atoms with Crippen molar-refractivity contribution < 1.29 is 9.59 Å². The average Bonchev–Trinajstić information content (AvgIpc) is 2.74. The highest BCUT2D eigenvalue weighted by Gasteiger charge is 2.15. The average molecular weight is 398 g/mol. The van der Waals surface area contributed by atoms with Gasteiger partial charge in [0.05, 0.1) is 11.6 Å². The van der Waals surface area contributed by atoms with Crippen molar-refractivity contribution in [2.45, 2.75) is 19.9 Å². The molecule has 0 aromatic heterocycles. The van der Waals surface area contributed by atoms with Gasteiger partial charge < -0.3 is 16.0 Å². The molecule has 3 aromatic carbocycles. The second-order valence-electron chi connectivity index (χ2n) is 6.99. The standard InChI is InChI=1S/C24H22N4O2/c1-16(2)26-24(30)28-19-13-11-18(12-14-19)27-23(29)22-10-6-5-9-21(22)20-8-4-3-7-17(20)15-25/h3-14,16H,1-2H3,(H,27,29)(H2,26,28,30). The predicted molar refractivity (Wildman–Crippen MR) is 118 cm³/mol. The van der Waals surface area contributed by atoms with Crippen LogP contribution in [0.25, 0.3) is 11.1 Å². The van der Waals surface area contributed by atoms with E-state index in [0.717, 1.165) is 0 Å². The van der Waals surface area contributed by atoms with E-state index in [4.69, 9.17) is 0 Å². The number of hydrogen-bond acceptors (Lipinski definition) is 3. The van der Waals surface area contributed by atoms with Crippen molar-refractivity contribution in [1.82, 2.24) is 5.32 Å². The van der Waals surface area contributed by atoms with E-state index in [0.29, 0.717) is 33.6 Å². The molecular formula is C24H22N4O2. The maximum absolute atomic E-state index is 12.9. The smallest absolute Gasteiger partial charge is 0.319 e. The molecule has 0 aliphatic heterocycles. The van der Waals surface area contributed by atoms with Gasteiger partial charge in [-0.25, -0.2) is 4.79 Å². The molecule has 6 heteroatoms. The first-order valence-corrected chi connectivity index (χ1v) is 9.55. The van der Waals surface area contributed by atoms with Crippen molar-refractivity contribution in [1.29, 1.82) is 5.26 Å². The number of nitrogens with one attached hydrogen (secondary N) is 3. The summed E-state index contributed by atoms with van der Waals surface area (Å²) in [5.41, 5.74) is 3.59. The quantitative estimate of drug-likeness (QED) is 0.564. The molecule has 30 heavy (non-hydrogen) atoms. The molecule has 0 radical (unpaired) electrons. The van der Waals surface area contributed by atoms with Gasteiger partial charge in [-0.05, 0) is 55.8 Å². The number of carbonyl (C=O) groups is 2. The molecule has 3 N–H and O–H groups in total. The van der Waals surface area contributed by atoms with E-state index in [-0.39, 0.29) is 18.0 Å². The highest BCUT2D eigenvalue weighted by Crippen LogP contribution is 2.27. The van der Waals surface area contributed by atoms with E-state index in [1.165, 1.54) is 0 Å². The van der Waals surface area contributed by atoms with E-state index >= 15 is 0 Å². The Labute approximate surface area is 175 Å². The van der Waals surface area contributed by atoms with E-state index in [9.17, 15) is 14.9 Å². The van der Waals surface area contributed by atoms with Crippen LogP contribution in [0.3, 0.4) is 0 Å². The lowest BCUT2D eigenvalue weighted by atomic mass is 9.95. The number of urea groups is 1. The van der Waals surface area contributed by atoms with Gasteiger partial charge in [0.15, 0.2) is 0 Å². The van der Waals surface area contributed by atoms with E-state index in [1.807, 2.05) is 38.1 Å². The lowest BCUT2D eigenvalue weighted by Gasteiger charge is -2.13. The molecule has 0 aliphatic rings. The van der Waals surface area contributed by atoms with Gasteiger partial charge in [0.1, 0.15) is 0 Å². The van der Waals surface area contributed by atoms with Gasteiger partial charge in [-0.15, -0.1) is 0 Å². The predicted octanol–water partition coefficient (Wildman–Crippen LogP) is 5.01. The number of benzene rings is 3. The van der Waals surface area contributed by atoms with Crippen molar-refractivity contribution in [2.75, 3.05) is 10.6 Å². The molecule has 0 aliphatic carbocycles. The van der Waals surface area contributed by atoms with Crippen LogP contribution in [0, 0.1) is 11.3 Å². The lowest BCUT2D eigenvalue weighted by Crippen LogP contribution is -2.34. The van der Waals surface area contributed by atoms with Crippen molar-refractivity contribution in [3.05, 3.63) is 83.9 Å². The first-order chi connectivity index (χ1) is 14.5. The fourth-order valence-electron chi connectivity index (χ4n) is 3.00. The molecule has 0 bridgehead atoms. The van der Waals surface area contributed by atoms with E-state index < -0.39 is 0 Å². The molecule has 150 valence electrons. The van der Waals surface area contributed by atoms with Gasteiger partial charge in [-0.2, -0.15) is 5.26 Å². The summed E-state index contributed by atoms with van der Waals surface area (Å²) in [7, 11) is 0. The van der Waals surface area contributed by atoms with Crippen LogP contribution in [-0.2, 0) is 0 Å². The fourth-order valence-corrected chi connectivity index (χ4v) is 3.00. The van der Waals surface area contributed by atoms with Crippen LogP contribution in [0.4, 0.5) is 16.2 Å². The Bertz CT molecular complexity index is 1100. The number of hydrogen-bond donors (Lipinski definition) is 3. The van der Waals surface area contributed by atoms with Crippen LogP contribution in [0.2, 0.25) is 0 Å². The molecule has 0 saturated heterocycles. The summed E-state index contributed by atoms with van der Waals surface area (Å²) >= 11 is 0. The summed E-state index contributed by atoms with van der Waals surface area (Å²) < 4.78 is 0. The minimum atomic E-state index is -0.285. The van der Waals surface area contributed by atoms with Crippen LogP contribution in [0.1, 0.15) is 29.8 Å². The molecule has 3 rings (SSSR count). The second kappa shape index (κ2) is 9.39. The Balaban J connectivity index is 1.78. The summed E-state index contributed by atoms with van der Waals surface area (Å²) in [4.78, 5) is 24.7. The summed E-state index contributed by atoms with van der Waals surface area (Å²) in [6.07, 6.45) is 0.